The Kier molecular flexibility index (Phi) is 9.62. The van der Waals surface area contributed by atoms with Crippen LogP contribution in [0.5, 0.6) is 0 Å². The number of carbonyl (C=O) groups is 2. The van der Waals surface area contributed by atoms with Crippen LogP contribution in [0.1, 0.15) is 24.0 Å². The normalized spacial score (nSPS) is 9.37. The number of hydrogen-bond acceptors (Lipinski definition) is 3. The maximum atomic E-state index is 9.97. The topological polar surface area (TPSA) is 74.6 Å². The molecule has 0 aliphatic rings. The summed E-state index contributed by atoms with van der Waals surface area (Å²) in [5, 5.41) is 16.4. The van der Waals surface area contributed by atoms with Crippen LogP contribution >= 0.6 is 11.8 Å². The molecule has 1 rings (SSSR count). The Hall–Kier alpha value is -1.49. The van der Waals surface area contributed by atoms with Crippen LogP contribution in [0, 0.1) is 13.8 Å². The van der Waals surface area contributed by atoms with Gasteiger partial charge in [0, 0.05) is 11.5 Å². The average molecular weight is 284 g/mol. The summed E-state index contributed by atoms with van der Waals surface area (Å²) in [7, 11) is 0. The van der Waals surface area contributed by atoms with Crippen molar-refractivity contribution < 1.29 is 19.8 Å². The highest BCUT2D eigenvalue weighted by molar-refractivity contribution is 7.99. The Morgan fingerprint density at radius 1 is 0.895 bits per heavy atom. The van der Waals surface area contributed by atoms with Crippen LogP contribution in [0.25, 0.3) is 0 Å². The summed E-state index contributed by atoms with van der Waals surface area (Å²) >= 11 is 1.35. The SMILES string of the molecule is Cc1ccc(C)cc1.O=C(O)CCSCCC(=O)O. The zero-order chi connectivity index (χ0) is 14.7. The minimum atomic E-state index is -0.840. The first-order valence-electron chi connectivity index (χ1n) is 5.96. The first kappa shape index (κ1) is 17.5. The summed E-state index contributed by atoms with van der Waals surface area (Å²) in [4.78, 5) is 19.9. The lowest BCUT2D eigenvalue weighted by Gasteiger charge is -1.94. The third-order valence-corrected chi connectivity index (χ3v) is 3.12. The van der Waals surface area contributed by atoms with Crippen LogP contribution in [0.4, 0.5) is 0 Å². The van der Waals surface area contributed by atoms with Crippen molar-refractivity contribution in [1.29, 1.82) is 0 Å². The molecule has 0 spiro atoms. The molecule has 0 aliphatic heterocycles. The second-order valence-electron chi connectivity index (χ2n) is 4.05. The molecule has 0 heterocycles. The summed E-state index contributed by atoms with van der Waals surface area (Å²) < 4.78 is 0. The second kappa shape index (κ2) is 10.4. The molecule has 106 valence electrons. The van der Waals surface area contributed by atoms with Gasteiger partial charge in [-0.1, -0.05) is 35.4 Å². The van der Waals surface area contributed by atoms with Crippen LogP contribution in [-0.2, 0) is 9.59 Å². The fraction of sp³-hybridized carbons (Fsp3) is 0.429. The highest BCUT2D eigenvalue weighted by Gasteiger charge is 1.98. The lowest BCUT2D eigenvalue weighted by atomic mass is 10.2. The van der Waals surface area contributed by atoms with E-state index in [2.05, 4.69) is 38.1 Å². The van der Waals surface area contributed by atoms with Crippen LogP contribution < -0.4 is 0 Å². The van der Waals surface area contributed by atoms with Gasteiger partial charge in [0.2, 0.25) is 0 Å². The Balaban J connectivity index is 0.000000356. The minimum Gasteiger partial charge on any atom is -0.481 e. The van der Waals surface area contributed by atoms with E-state index in [1.807, 2.05) is 0 Å². The standard InChI is InChI=1S/C8H10.C6H10O4S/c1-7-3-5-8(2)6-4-7;7-5(8)1-3-11-4-2-6(9)10/h3-6H,1-2H3;1-4H2,(H,7,8)(H,9,10). The lowest BCUT2D eigenvalue weighted by Crippen LogP contribution is -1.99. The fourth-order valence-corrected chi connectivity index (χ4v) is 1.90. The quantitative estimate of drug-likeness (QED) is 0.785. The molecule has 0 bridgehead atoms. The molecule has 0 amide bonds. The van der Waals surface area contributed by atoms with Gasteiger partial charge in [0.25, 0.3) is 0 Å². The van der Waals surface area contributed by atoms with E-state index in [1.165, 1.54) is 22.9 Å². The number of aliphatic carboxylic acids is 2. The van der Waals surface area contributed by atoms with E-state index in [4.69, 9.17) is 10.2 Å². The first-order valence-corrected chi connectivity index (χ1v) is 7.12. The molecule has 0 atom stereocenters. The van der Waals surface area contributed by atoms with Gasteiger partial charge in [0.15, 0.2) is 0 Å². The molecule has 1 aromatic rings. The summed E-state index contributed by atoms with van der Waals surface area (Å²) in [5.74, 6) is -0.703. The average Bonchev–Trinajstić information content (AvgIpc) is 2.32. The van der Waals surface area contributed by atoms with Crippen LogP contribution in [0.15, 0.2) is 24.3 Å². The lowest BCUT2D eigenvalue weighted by molar-refractivity contribution is -0.137. The fourth-order valence-electron chi connectivity index (χ4n) is 1.06. The molecular formula is C14H20O4S. The van der Waals surface area contributed by atoms with E-state index < -0.39 is 11.9 Å². The summed E-state index contributed by atoms with van der Waals surface area (Å²) in [5.41, 5.74) is 2.66. The molecule has 0 saturated heterocycles. The molecule has 0 aliphatic carbocycles. The van der Waals surface area contributed by atoms with Crippen LogP contribution in [0.3, 0.4) is 0 Å². The Morgan fingerprint density at radius 2 is 1.21 bits per heavy atom. The molecule has 19 heavy (non-hydrogen) atoms. The highest BCUT2D eigenvalue weighted by Crippen LogP contribution is 2.03. The van der Waals surface area contributed by atoms with Gasteiger partial charge in [0.05, 0.1) is 12.8 Å². The molecule has 0 saturated carbocycles. The van der Waals surface area contributed by atoms with Gasteiger partial charge < -0.3 is 10.2 Å². The Labute approximate surface area is 117 Å². The van der Waals surface area contributed by atoms with E-state index in [0.717, 1.165) is 0 Å². The number of thioether (sulfide) groups is 1. The molecule has 0 radical (unpaired) electrons. The van der Waals surface area contributed by atoms with Crippen molar-refractivity contribution in [3.63, 3.8) is 0 Å². The molecule has 1 aromatic carbocycles. The van der Waals surface area contributed by atoms with Gasteiger partial charge >= 0.3 is 11.9 Å². The maximum absolute atomic E-state index is 9.97. The zero-order valence-electron chi connectivity index (χ0n) is 11.3. The number of hydrogen-bond donors (Lipinski definition) is 2. The summed E-state index contributed by atoms with van der Waals surface area (Å²) in [6.45, 7) is 4.19. The number of carboxylic acids is 2. The smallest absolute Gasteiger partial charge is 0.304 e. The molecule has 0 fully saturated rings. The van der Waals surface area contributed by atoms with Crippen molar-refractivity contribution in [2.45, 2.75) is 26.7 Å². The number of rotatable bonds is 6. The van der Waals surface area contributed by atoms with Crippen LogP contribution in [-0.4, -0.2) is 33.7 Å². The molecule has 0 aromatic heterocycles. The number of carboxylic acid groups (broad SMARTS) is 2. The second-order valence-corrected chi connectivity index (χ2v) is 5.28. The third kappa shape index (κ3) is 12.8. The molecule has 5 heteroatoms. The minimum absolute atomic E-state index is 0.101. The van der Waals surface area contributed by atoms with Gasteiger partial charge in [-0.3, -0.25) is 9.59 Å². The Morgan fingerprint density at radius 3 is 1.47 bits per heavy atom. The molecule has 2 N–H and O–H groups in total. The number of benzene rings is 1. The van der Waals surface area contributed by atoms with E-state index in [-0.39, 0.29) is 12.8 Å². The van der Waals surface area contributed by atoms with Gasteiger partial charge in [-0.15, -0.1) is 0 Å². The predicted molar refractivity (Wildman–Crippen MR) is 77.7 cm³/mol. The van der Waals surface area contributed by atoms with Crippen molar-refractivity contribution >= 4 is 23.7 Å². The van der Waals surface area contributed by atoms with Crippen molar-refractivity contribution in [2.75, 3.05) is 11.5 Å². The van der Waals surface area contributed by atoms with Gasteiger partial charge in [-0.25, -0.2) is 0 Å². The van der Waals surface area contributed by atoms with Gasteiger partial charge in [0.1, 0.15) is 0 Å². The number of aryl methyl sites for hydroxylation is 2. The molecule has 0 unspecified atom stereocenters. The first-order chi connectivity index (χ1) is 8.91. The summed E-state index contributed by atoms with van der Waals surface area (Å²) in [6.07, 6.45) is 0.203. The van der Waals surface area contributed by atoms with E-state index in [1.54, 1.807) is 0 Å². The predicted octanol–water partition coefficient (Wildman–Crippen LogP) is 2.97. The Bertz CT molecular complexity index is 350. The van der Waals surface area contributed by atoms with E-state index in [0.29, 0.717) is 11.5 Å². The third-order valence-electron chi connectivity index (χ3n) is 2.14. The van der Waals surface area contributed by atoms with Gasteiger partial charge in [-0.2, -0.15) is 11.8 Å². The van der Waals surface area contributed by atoms with Crippen molar-refractivity contribution in [2.24, 2.45) is 0 Å². The van der Waals surface area contributed by atoms with Crippen molar-refractivity contribution in [1.82, 2.24) is 0 Å². The van der Waals surface area contributed by atoms with E-state index >= 15 is 0 Å². The maximum Gasteiger partial charge on any atom is 0.304 e. The molecule has 4 nitrogen and oxygen atoms in total. The van der Waals surface area contributed by atoms with Crippen molar-refractivity contribution in [3.05, 3.63) is 35.4 Å². The largest absolute Gasteiger partial charge is 0.481 e. The summed E-state index contributed by atoms with van der Waals surface area (Å²) in [6, 6.07) is 8.48. The van der Waals surface area contributed by atoms with Crippen molar-refractivity contribution in [3.8, 4) is 0 Å². The molecular weight excluding hydrogens is 264 g/mol. The monoisotopic (exact) mass is 284 g/mol. The van der Waals surface area contributed by atoms with E-state index in [9.17, 15) is 9.59 Å². The zero-order valence-corrected chi connectivity index (χ0v) is 12.1. The highest BCUT2D eigenvalue weighted by atomic mass is 32.2. The van der Waals surface area contributed by atoms with Crippen LogP contribution in [0.2, 0.25) is 0 Å². The van der Waals surface area contributed by atoms with Gasteiger partial charge in [-0.05, 0) is 13.8 Å².